The molecule has 0 fully saturated rings. The molecule has 0 bridgehead atoms. The van der Waals surface area contributed by atoms with E-state index in [1.807, 2.05) is 0 Å². The number of aromatic nitrogens is 1. The zero-order valence-corrected chi connectivity index (χ0v) is 12.7. The molecule has 22 heavy (non-hydrogen) atoms. The topological polar surface area (TPSA) is 106 Å². The van der Waals surface area contributed by atoms with E-state index in [0.29, 0.717) is 22.9 Å². The van der Waals surface area contributed by atoms with Crippen LogP contribution in [-0.4, -0.2) is 32.0 Å². The van der Waals surface area contributed by atoms with Crippen molar-refractivity contribution in [2.24, 2.45) is 10.2 Å². The van der Waals surface area contributed by atoms with Gasteiger partial charge in [0, 0.05) is 22.3 Å². The Labute approximate surface area is 130 Å². The number of ketones is 1. The Morgan fingerprint density at radius 1 is 1.32 bits per heavy atom. The van der Waals surface area contributed by atoms with E-state index in [9.17, 15) is 18.0 Å². The van der Waals surface area contributed by atoms with Crippen LogP contribution in [0.2, 0.25) is 0 Å². The van der Waals surface area contributed by atoms with E-state index in [1.54, 1.807) is 12.1 Å². The minimum absolute atomic E-state index is 0.0757. The van der Waals surface area contributed by atoms with Crippen molar-refractivity contribution in [1.29, 1.82) is 0 Å². The van der Waals surface area contributed by atoms with Gasteiger partial charge in [-0.1, -0.05) is 0 Å². The molecule has 1 aromatic carbocycles. The number of halogens is 1. The number of hydrogen-bond donors (Lipinski definition) is 0. The largest absolute Gasteiger partial charge is 0.303 e. The summed E-state index contributed by atoms with van der Waals surface area (Å²) >= 11 is 0. The average Bonchev–Trinajstić information content (AvgIpc) is 2.46. The van der Waals surface area contributed by atoms with Gasteiger partial charge in [0.25, 0.3) is 9.05 Å². The molecule has 7 nitrogen and oxygen atoms in total. The van der Waals surface area contributed by atoms with Gasteiger partial charge in [-0.05, 0) is 24.3 Å². The Kier molecular flexibility index (Phi) is 4.94. The van der Waals surface area contributed by atoms with E-state index in [1.165, 1.54) is 18.3 Å². The van der Waals surface area contributed by atoms with Gasteiger partial charge in [-0.2, -0.15) is 10.2 Å². The standard InChI is InChI=1S/C13H10ClN3O4S/c14-22(20,21)12-4-3-11(13-10(12)2-1-6-15-13)17-16-8-9(19)5-7-18/h1-4,6-7H,5,8H2. The molecule has 0 saturated heterocycles. The molecule has 0 aliphatic heterocycles. The fourth-order valence-corrected chi connectivity index (χ4v) is 2.83. The highest BCUT2D eigenvalue weighted by Gasteiger charge is 2.16. The van der Waals surface area contributed by atoms with Gasteiger partial charge in [0.2, 0.25) is 0 Å². The SMILES string of the molecule is O=CCC(=O)CN=Nc1ccc(S(=O)(=O)Cl)c2cccnc12. The Morgan fingerprint density at radius 3 is 2.77 bits per heavy atom. The van der Waals surface area contributed by atoms with Gasteiger partial charge in [-0.15, -0.1) is 0 Å². The summed E-state index contributed by atoms with van der Waals surface area (Å²) in [6.45, 7) is -0.234. The maximum Gasteiger partial charge on any atom is 0.261 e. The fourth-order valence-electron chi connectivity index (χ4n) is 1.77. The van der Waals surface area contributed by atoms with E-state index < -0.39 is 9.05 Å². The molecular formula is C13H10ClN3O4S. The van der Waals surface area contributed by atoms with E-state index in [-0.39, 0.29) is 23.6 Å². The highest BCUT2D eigenvalue weighted by Crippen LogP contribution is 2.31. The number of pyridine rings is 1. The Bertz CT molecular complexity index is 865. The lowest BCUT2D eigenvalue weighted by Crippen LogP contribution is -2.01. The van der Waals surface area contributed by atoms with Gasteiger partial charge in [-0.25, -0.2) is 8.42 Å². The summed E-state index contributed by atoms with van der Waals surface area (Å²) in [4.78, 5) is 25.4. The number of nitrogens with zero attached hydrogens (tertiary/aromatic N) is 3. The molecule has 9 heteroatoms. The third-order valence-corrected chi connectivity index (χ3v) is 4.09. The van der Waals surface area contributed by atoms with Crippen molar-refractivity contribution in [2.75, 3.05) is 6.54 Å². The van der Waals surface area contributed by atoms with Crippen LogP contribution in [0.3, 0.4) is 0 Å². The number of benzene rings is 1. The van der Waals surface area contributed by atoms with Crippen molar-refractivity contribution < 1.29 is 18.0 Å². The molecule has 0 amide bonds. The predicted octanol–water partition coefficient (Wildman–Crippen LogP) is 2.40. The molecule has 0 aliphatic rings. The number of carbonyl (C=O) groups excluding carboxylic acids is 2. The number of aldehydes is 1. The number of rotatable bonds is 6. The number of hydrogen-bond acceptors (Lipinski definition) is 7. The van der Waals surface area contributed by atoms with Crippen molar-refractivity contribution >= 4 is 48.4 Å². The van der Waals surface area contributed by atoms with Crippen LogP contribution in [0, 0.1) is 0 Å². The van der Waals surface area contributed by atoms with Gasteiger partial charge < -0.3 is 4.79 Å². The van der Waals surface area contributed by atoms with E-state index in [4.69, 9.17) is 10.7 Å². The molecule has 2 rings (SSSR count). The lowest BCUT2D eigenvalue weighted by atomic mass is 10.2. The summed E-state index contributed by atoms with van der Waals surface area (Å²) < 4.78 is 23.1. The fraction of sp³-hybridized carbons (Fsp3) is 0.154. The van der Waals surface area contributed by atoms with Crippen LogP contribution in [0.15, 0.2) is 45.6 Å². The van der Waals surface area contributed by atoms with Crippen molar-refractivity contribution in [3.8, 4) is 0 Å². The van der Waals surface area contributed by atoms with Crippen LogP contribution >= 0.6 is 10.7 Å². The maximum absolute atomic E-state index is 11.5. The first-order chi connectivity index (χ1) is 10.4. The third-order valence-electron chi connectivity index (χ3n) is 2.71. The molecule has 0 N–H and O–H groups in total. The molecule has 0 radical (unpaired) electrons. The zero-order valence-electron chi connectivity index (χ0n) is 11.1. The molecule has 1 heterocycles. The molecule has 0 spiro atoms. The normalized spacial score (nSPS) is 11.9. The molecule has 0 aliphatic carbocycles. The molecule has 114 valence electrons. The lowest BCUT2D eigenvalue weighted by molar-refractivity contribution is -0.121. The Morgan fingerprint density at radius 2 is 2.09 bits per heavy atom. The summed E-state index contributed by atoms with van der Waals surface area (Å²) in [5.74, 6) is -0.365. The summed E-state index contributed by atoms with van der Waals surface area (Å²) in [7, 11) is 1.46. The average molecular weight is 340 g/mol. The van der Waals surface area contributed by atoms with Crippen LogP contribution < -0.4 is 0 Å². The number of carbonyl (C=O) groups is 2. The summed E-state index contributed by atoms with van der Waals surface area (Å²) in [5, 5.41) is 7.88. The zero-order chi connectivity index (χ0) is 16.2. The van der Waals surface area contributed by atoms with Gasteiger partial charge in [-0.3, -0.25) is 9.78 Å². The summed E-state index contributed by atoms with van der Waals surface area (Å²) in [5.41, 5.74) is 0.606. The van der Waals surface area contributed by atoms with E-state index >= 15 is 0 Å². The molecule has 0 atom stereocenters. The van der Waals surface area contributed by atoms with Crippen LogP contribution in [-0.2, 0) is 18.6 Å². The lowest BCUT2D eigenvalue weighted by Gasteiger charge is -2.04. The maximum atomic E-state index is 11.5. The van der Waals surface area contributed by atoms with Crippen LogP contribution in [0.4, 0.5) is 5.69 Å². The highest BCUT2D eigenvalue weighted by molar-refractivity contribution is 8.14. The van der Waals surface area contributed by atoms with Gasteiger partial charge >= 0.3 is 0 Å². The quantitative estimate of drug-likeness (QED) is 0.347. The van der Waals surface area contributed by atoms with Crippen molar-refractivity contribution in [1.82, 2.24) is 4.98 Å². The van der Waals surface area contributed by atoms with Crippen molar-refractivity contribution in [3.05, 3.63) is 30.5 Å². The van der Waals surface area contributed by atoms with E-state index in [2.05, 4.69) is 15.2 Å². The second-order valence-electron chi connectivity index (χ2n) is 4.23. The molecular weight excluding hydrogens is 330 g/mol. The first-order valence-corrected chi connectivity index (χ1v) is 8.39. The molecule has 0 unspecified atom stereocenters. The van der Waals surface area contributed by atoms with Crippen LogP contribution in [0.5, 0.6) is 0 Å². The summed E-state index contributed by atoms with van der Waals surface area (Å²) in [6.07, 6.45) is 1.75. The first kappa shape index (κ1) is 16.2. The van der Waals surface area contributed by atoms with Crippen LogP contribution in [0.1, 0.15) is 6.42 Å². The number of azo groups is 1. The summed E-state index contributed by atoms with van der Waals surface area (Å²) in [6, 6.07) is 5.82. The minimum Gasteiger partial charge on any atom is -0.303 e. The minimum atomic E-state index is -3.92. The highest BCUT2D eigenvalue weighted by atomic mass is 35.7. The number of Topliss-reactive ketones (excluding diaryl/α,β-unsaturated/α-hetero) is 1. The third kappa shape index (κ3) is 3.71. The van der Waals surface area contributed by atoms with E-state index in [0.717, 1.165) is 0 Å². The van der Waals surface area contributed by atoms with Gasteiger partial charge in [0.05, 0.1) is 16.8 Å². The van der Waals surface area contributed by atoms with Crippen molar-refractivity contribution in [2.45, 2.75) is 11.3 Å². The van der Waals surface area contributed by atoms with Crippen LogP contribution in [0.25, 0.3) is 10.9 Å². The van der Waals surface area contributed by atoms with Gasteiger partial charge in [0.1, 0.15) is 18.5 Å². The second kappa shape index (κ2) is 6.71. The monoisotopic (exact) mass is 339 g/mol. The molecule has 1 aromatic heterocycles. The van der Waals surface area contributed by atoms with Crippen molar-refractivity contribution in [3.63, 3.8) is 0 Å². The number of fused-ring (bicyclic) bond motifs is 1. The molecule has 0 saturated carbocycles. The Balaban J connectivity index is 2.43. The smallest absolute Gasteiger partial charge is 0.261 e. The molecule has 2 aromatic rings. The Hall–Kier alpha value is -2.19. The van der Waals surface area contributed by atoms with Gasteiger partial charge in [0.15, 0.2) is 5.78 Å². The predicted molar refractivity (Wildman–Crippen MR) is 79.9 cm³/mol. The second-order valence-corrected chi connectivity index (χ2v) is 6.76. The first-order valence-electron chi connectivity index (χ1n) is 6.08.